The minimum Gasteiger partial charge on any atom is -0.341 e. The van der Waals surface area contributed by atoms with Gasteiger partial charge in [-0.3, -0.25) is 0 Å². The molecule has 2 heterocycles. The van der Waals surface area contributed by atoms with Gasteiger partial charge in [-0.2, -0.15) is 4.57 Å². The van der Waals surface area contributed by atoms with E-state index in [-0.39, 0.29) is 0 Å². The molecule has 0 fully saturated rings. The van der Waals surface area contributed by atoms with Crippen molar-refractivity contribution in [1.82, 2.24) is 4.90 Å². The van der Waals surface area contributed by atoms with Crippen LogP contribution in [0.3, 0.4) is 0 Å². The zero-order valence-corrected chi connectivity index (χ0v) is 24.9. The van der Waals surface area contributed by atoms with Crippen LogP contribution in [0.4, 0.5) is 0 Å². The second kappa shape index (κ2) is 13.2. The normalized spacial score (nSPS) is 13.2. The average Bonchev–Trinajstić information content (AvgIpc) is 3.09. The van der Waals surface area contributed by atoms with E-state index in [4.69, 9.17) is 0 Å². The Morgan fingerprint density at radius 2 is 0.977 bits per heavy atom. The van der Waals surface area contributed by atoms with E-state index < -0.39 is 0 Å². The van der Waals surface area contributed by atoms with Crippen molar-refractivity contribution in [2.75, 3.05) is 6.54 Å². The maximum atomic E-state index is 2.41. The molecule has 5 aromatic rings. The van der Waals surface area contributed by atoms with E-state index in [0.29, 0.717) is 0 Å². The van der Waals surface area contributed by atoms with E-state index in [1.165, 1.54) is 56.2 Å². The molecule has 0 N–H and O–H groups in total. The summed E-state index contributed by atoms with van der Waals surface area (Å²) in [6, 6.07) is 47.3. The minimum absolute atomic E-state index is 0.885. The zero-order valence-electron chi connectivity index (χ0n) is 24.9. The van der Waals surface area contributed by atoms with Crippen molar-refractivity contribution in [1.29, 1.82) is 0 Å². The van der Waals surface area contributed by atoms with Crippen LogP contribution in [0.25, 0.3) is 40.0 Å². The summed E-state index contributed by atoms with van der Waals surface area (Å²) in [5, 5.41) is 0. The average molecular weight is 558 g/mol. The molecule has 2 nitrogen and oxygen atoms in total. The molecular formula is C41H37N2+. The SMILES string of the molecule is CCN1C(c2ccccc2)=CC(=C/C=C/c2cc(-c3ccccc3)[n+](CC)c(-c3ccccc3)c2)C=C1c1ccccc1. The van der Waals surface area contributed by atoms with Gasteiger partial charge in [0.05, 0.1) is 0 Å². The Balaban J connectivity index is 1.44. The molecule has 0 amide bonds. The lowest BCUT2D eigenvalue weighted by molar-refractivity contribution is -0.672. The number of hydrogen-bond acceptors (Lipinski definition) is 1. The van der Waals surface area contributed by atoms with Crippen molar-refractivity contribution in [2.45, 2.75) is 20.4 Å². The van der Waals surface area contributed by atoms with Gasteiger partial charge in [0.15, 0.2) is 0 Å². The van der Waals surface area contributed by atoms with E-state index in [9.17, 15) is 0 Å². The Kier molecular flexibility index (Phi) is 8.56. The number of allylic oxidation sites excluding steroid dienone is 5. The standard InChI is InChI=1S/C41H37N2/c1-3-42-38(34-20-9-5-10-21-34)28-32(29-39(42)35-22-11-6-12-23-35)18-17-19-33-30-40(36-24-13-7-14-25-36)43(4-2)41(31-33)37-26-15-8-16-27-37/h5-31H,3-4H2,1-2H3/q+1. The molecular weight excluding hydrogens is 520 g/mol. The topological polar surface area (TPSA) is 7.12 Å². The summed E-state index contributed by atoms with van der Waals surface area (Å²) in [7, 11) is 0. The largest absolute Gasteiger partial charge is 0.341 e. The molecule has 0 bridgehead atoms. The number of nitrogens with zero attached hydrogens (tertiary/aromatic N) is 2. The first-order valence-electron chi connectivity index (χ1n) is 15.1. The lowest BCUT2D eigenvalue weighted by atomic mass is 9.98. The fourth-order valence-electron chi connectivity index (χ4n) is 5.82. The van der Waals surface area contributed by atoms with Gasteiger partial charge in [-0.1, -0.05) is 115 Å². The number of hydrogen-bond donors (Lipinski definition) is 0. The molecule has 0 spiro atoms. The molecule has 0 atom stereocenters. The molecule has 6 rings (SSSR count). The lowest BCUT2D eigenvalue weighted by Gasteiger charge is -2.32. The second-order valence-corrected chi connectivity index (χ2v) is 10.6. The van der Waals surface area contributed by atoms with E-state index in [1.54, 1.807) is 0 Å². The van der Waals surface area contributed by atoms with Gasteiger partial charge in [0.1, 0.15) is 6.54 Å². The summed E-state index contributed by atoms with van der Waals surface area (Å²) < 4.78 is 2.41. The fraction of sp³-hybridized carbons (Fsp3) is 0.0976. The fourth-order valence-corrected chi connectivity index (χ4v) is 5.82. The first kappa shape index (κ1) is 27.9. The quantitative estimate of drug-likeness (QED) is 0.172. The third-order valence-corrected chi connectivity index (χ3v) is 7.86. The molecule has 0 radical (unpaired) electrons. The van der Waals surface area contributed by atoms with E-state index in [2.05, 4.69) is 187 Å². The van der Waals surface area contributed by atoms with Gasteiger partial charge in [0, 0.05) is 41.2 Å². The molecule has 0 saturated carbocycles. The molecule has 1 aromatic heterocycles. The van der Waals surface area contributed by atoms with E-state index >= 15 is 0 Å². The van der Waals surface area contributed by atoms with Gasteiger partial charge in [-0.15, -0.1) is 0 Å². The highest BCUT2D eigenvalue weighted by Gasteiger charge is 2.21. The van der Waals surface area contributed by atoms with Gasteiger partial charge in [0.25, 0.3) is 0 Å². The molecule has 1 aliphatic rings. The molecule has 43 heavy (non-hydrogen) atoms. The summed E-state index contributed by atoms with van der Waals surface area (Å²) >= 11 is 0. The highest BCUT2D eigenvalue weighted by Crippen LogP contribution is 2.35. The number of benzene rings is 4. The van der Waals surface area contributed by atoms with Gasteiger partial charge >= 0.3 is 0 Å². The Morgan fingerprint density at radius 1 is 0.558 bits per heavy atom. The maximum absolute atomic E-state index is 2.41. The molecule has 4 aromatic carbocycles. The van der Waals surface area contributed by atoms with Crippen molar-refractivity contribution in [3.8, 4) is 22.5 Å². The van der Waals surface area contributed by atoms with E-state index in [1.807, 2.05) is 0 Å². The summed E-state index contributed by atoms with van der Waals surface area (Å²) in [6.45, 7) is 6.21. The third kappa shape index (κ3) is 6.19. The van der Waals surface area contributed by atoms with Crippen LogP contribution in [0.1, 0.15) is 30.5 Å². The number of aromatic nitrogens is 1. The summed E-state index contributed by atoms with van der Waals surface area (Å²) in [4.78, 5) is 2.41. The molecule has 2 heteroatoms. The highest BCUT2D eigenvalue weighted by molar-refractivity contribution is 5.84. The van der Waals surface area contributed by atoms with Crippen molar-refractivity contribution < 1.29 is 4.57 Å². The van der Waals surface area contributed by atoms with Crippen LogP contribution in [0.2, 0.25) is 0 Å². The van der Waals surface area contributed by atoms with Crippen LogP contribution in [-0.4, -0.2) is 11.4 Å². The van der Waals surface area contributed by atoms with Gasteiger partial charge in [0.2, 0.25) is 11.4 Å². The lowest BCUT2D eigenvalue weighted by Crippen LogP contribution is -2.37. The maximum Gasteiger partial charge on any atom is 0.213 e. The van der Waals surface area contributed by atoms with Crippen LogP contribution >= 0.6 is 0 Å². The van der Waals surface area contributed by atoms with Crippen LogP contribution in [-0.2, 0) is 6.54 Å². The van der Waals surface area contributed by atoms with Gasteiger partial charge in [-0.25, -0.2) is 0 Å². The van der Waals surface area contributed by atoms with Crippen molar-refractivity contribution >= 4 is 17.5 Å². The van der Waals surface area contributed by atoms with Gasteiger partial charge in [-0.05, 0) is 72.5 Å². The molecule has 0 saturated heterocycles. The summed E-state index contributed by atoms with van der Waals surface area (Å²) in [5.41, 5.74) is 12.1. The monoisotopic (exact) mass is 557 g/mol. The minimum atomic E-state index is 0.885. The highest BCUT2D eigenvalue weighted by atomic mass is 15.1. The number of pyridine rings is 1. The predicted molar refractivity (Wildman–Crippen MR) is 182 cm³/mol. The molecule has 210 valence electrons. The van der Waals surface area contributed by atoms with Crippen LogP contribution in [0.5, 0.6) is 0 Å². The Morgan fingerprint density at radius 3 is 1.37 bits per heavy atom. The van der Waals surface area contributed by atoms with E-state index in [0.717, 1.165) is 13.1 Å². The Bertz CT molecular complexity index is 1680. The third-order valence-electron chi connectivity index (χ3n) is 7.86. The molecule has 0 unspecified atom stereocenters. The predicted octanol–water partition coefficient (Wildman–Crippen LogP) is 9.69. The summed E-state index contributed by atoms with van der Waals surface area (Å²) in [5.74, 6) is 0. The van der Waals surface area contributed by atoms with Crippen molar-refractivity contribution in [3.05, 3.63) is 180 Å². The first-order chi connectivity index (χ1) is 21.2. The number of rotatable bonds is 8. The zero-order chi connectivity index (χ0) is 29.4. The Hall–Kier alpha value is -5.21. The van der Waals surface area contributed by atoms with Gasteiger partial charge < -0.3 is 4.90 Å². The Labute approximate surface area is 255 Å². The van der Waals surface area contributed by atoms with Crippen LogP contribution in [0.15, 0.2) is 163 Å². The van der Waals surface area contributed by atoms with Crippen molar-refractivity contribution in [3.63, 3.8) is 0 Å². The molecule has 1 aliphatic heterocycles. The van der Waals surface area contributed by atoms with Crippen LogP contribution in [0, 0.1) is 0 Å². The molecule has 0 aliphatic carbocycles. The second-order valence-electron chi connectivity index (χ2n) is 10.6. The van der Waals surface area contributed by atoms with Crippen molar-refractivity contribution in [2.24, 2.45) is 0 Å². The smallest absolute Gasteiger partial charge is 0.213 e. The van der Waals surface area contributed by atoms with Crippen LogP contribution < -0.4 is 4.57 Å². The first-order valence-corrected chi connectivity index (χ1v) is 15.1. The summed E-state index contributed by atoms with van der Waals surface area (Å²) in [6.07, 6.45) is 11.2.